The first kappa shape index (κ1) is 17.3. The zero-order chi connectivity index (χ0) is 18.6. The molecule has 3 aromatic rings. The second-order valence-electron chi connectivity index (χ2n) is 6.80. The van der Waals surface area contributed by atoms with Crippen molar-refractivity contribution in [1.82, 2.24) is 15.5 Å². The Bertz CT molecular complexity index is 923. The van der Waals surface area contributed by atoms with Gasteiger partial charge in [-0.1, -0.05) is 41.6 Å². The summed E-state index contributed by atoms with van der Waals surface area (Å²) in [5.41, 5.74) is 3.19. The number of amides is 1. The molecule has 138 valence electrons. The third-order valence-electron chi connectivity index (χ3n) is 4.92. The molecular formula is C21H22N4O2. The van der Waals surface area contributed by atoms with Crippen molar-refractivity contribution in [2.45, 2.75) is 38.9 Å². The van der Waals surface area contributed by atoms with Crippen LogP contribution >= 0.6 is 0 Å². The summed E-state index contributed by atoms with van der Waals surface area (Å²) in [7, 11) is 0. The van der Waals surface area contributed by atoms with Crippen LogP contribution in [0.3, 0.4) is 0 Å². The maximum absolute atomic E-state index is 12.1. The zero-order valence-electron chi connectivity index (χ0n) is 15.3. The monoisotopic (exact) mass is 362 g/mol. The molecule has 1 aliphatic heterocycles. The Balaban J connectivity index is 1.41. The quantitative estimate of drug-likeness (QED) is 0.754. The lowest BCUT2D eigenvalue weighted by molar-refractivity contribution is 0.0949. The second-order valence-corrected chi connectivity index (χ2v) is 6.80. The molecule has 6 nitrogen and oxygen atoms in total. The van der Waals surface area contributed by atoms with Crippen molar-refractivity contribution in [3.05, 3.63) is 77.4 Å². The molecule has 0 radical (unpaired) electrons. The molecule has 2 aromatic carbocycles. The number of nitrogens with one attached hydrogen (secondary N) is 1. The fourth-order valence-corrected chi connectivity index (χ4v) is 3.42. The molecule has 1 aromatic heterocycles. The average Bonchev–Trinajstić information content (AvgIpc) is 3.16. The summed E-state index contributed by atoms with van der Waals surface area (Å²) in [4.78, 5) is 18.9. The van der Waals surface area contributed by atoms with Gasteiger partial charge in [0, 0.05) is 17.3 Å². The number of rotatable bonds is 5. The van der Waals surface area contributed by atoms with Crippen LogP contribution in [0.4, 0.5) is 5.69 Å². The van der Waals surface area contributed by atoms with E-state index in [0.717, 1.165) is 12.8 Å². The summed E-state index contributed by atoms with van der Waals surface area (Å²) >= 11 is 0. The van der Waals surface area contributed by atoms with Gasteiger partial charge >= 0.3 is 0 Å². The summed E-state index contributed by atoms with van der Waals surface area (Å²) in [6.07, 6.45) is 2.19. The van der Waals surface area contributed by atoms with Gasteiger partial charge in [0.05, 0.1) is 13.1 Å². The van der Waals surface area contributed by atoms with Crippen molar-refractivity contribution in [3.8, 4) is 0 Å². The highest BCUT2D eigenvalue weighted by Gasteiger charge is 2.24. The maximum atomic E-state index is 12.1. The minimum Gasteiger partial charge on any atom is -0.359 e. The number of carbonyl (C=O) groups is 1. The number of anilines is 1. The summed E-state index contributed by atoms with van der Waals surface area (Å²) < 4.78 is 5.41. The van der Waals surface area contributed by atoms with E-state index in [1.165, 1.54) is 11.3 Å². The maximum Gasteiger partial charge on any atom is 0.251 e. The summed E-state index contributed by atoms with van der Waals surface area (Å²) in [6.45, 7) is 3.02. The van der Waals surface area contributed by atoms with Crippen molar-refractivity contribution in [3.63, 3.8) is 0 Å². The van der Waals surface area contributed by atoms with Gasteiger partial charge in [-0.15, -0.1) is 0 Å². The van der Waals surface area contributed by atoms with Crippen LogP contribution < -0.4 is 10.2 Å². The summed E-state index contributed by atoms with van der Waals surface area (Å²) in [6, 6.07) is 17.9. The molecule has 6 heteroatoms. The minimum atomic E-state index is -0.152. The van der Waals surface area contributed by atoms with E-state index in [-0.39, 0.29) is 12.5 Å². The molecule has 1 amide bonds. The van der Waals surface area contributed by atoms with Crippen LogP contribution in [-0.2, 0) is 19.5 Å². The van der Waals surface area contributed by atoms with E-state index in [0.29, 0.717) is 29.9 Å². The third-order valence-corrected chi connectivity index (χ3v) is 4.92. The van der Waals surface area contributed by atoms with E-state index in [9.17, 15) is 4.79 Å². The number of fused-ring (bicyclic) bond motifs is 1. The smallest absolute Gasteiger partial charge is 0.251 e. The molecule has 27 heavy (non-hydrogen) atoms. The first-order chi connectivity index (χ1) is 13.2. The van der Waals surface area contributed by atoms with Gasteiger partial charge in [0.15, 0.2) is 5.82 Å². The zero-order valence-corrected chi connectivity index (χ0v) is 15.3. The number of aromatic nitrogens is 2. The molecule has 0 saturated heterocycles. The Hall–Kier alpha value is -3.15. The van der Waals surface area contributed by atoms with E-state index in [1.54, 1.807) is 12.1 Å². The molecule has 2 heterocycles. The van der Waals surface area contributed by atoms with Gasteiger partial charge in [-0.2, -0.15) is 4.98 Å². The lowest BCUT2D eigenvalue weighted by atomic mass is 9.97. The molecule has 4 rings (SSSR count). The third kappa shape index (κ3) is 3.84. The molecule has 0 bridgehead atoms. The Morgan fingerprint density at radius 3 is 2.81 bits per heavy atom. The number of nitrogens with zero attached hydrogens (tertiary/aromatic N) is 3. The van der Waals surface area contributed by atoms with Crippen LogP contribution in [0.25, 0.3) is 0 Å². The van der Waals surface area contributed by atoms with Crippen molar-refractivity contribution in [2.24, 2.45) is 0 Å². The van der Waals surface area contributed by atoms with Crippen molar-refractivity contribution in [1.29, 1.82) is 0 Å². The highest BCUT2D eigenvalue weighted by atomic mass is 16.5. The fraction of sp³-hybridized carbons (Fsp3) is 0.286. The molecule has 0 spiro atoms. The first-order valence-electron chi connectivity index (χ1n) is 9.20. The molecule has 1 aliphatic rings. The van der Waals surface area contributed by atoms with Gasteiger partial charge in [-0.3, -0.25) is 4.79 Å². The van der Waals surface area contributed by atoms with E-state index in [4.69, 9.17) is 4.52 Å². The molecule has 0 unspecified atom stereocenters. The molecule has 1 N–H and O–H groups in total. The predicted octanol–water partition coefficient (Wildman–Crippen LogP) is 3.34. The van der Waals surface area contributed by atoms with Gasteiger partial charge in [0.1, 0.15) is 0 Å². The number of aryl methyl sites for hydroxylation is 1. The number of para-hydroxylation sites is 1. The van der Waals surface area contributed by atoms with Crippen LogP contribution in [0.5, 0.6) is 0 Å². The van der Waals surface area contributed by atoms with Crippen molar-refractivity contribution < 1.29 is 9.32 Å². The SMILES string of the molecule is C[C@H]1CCc2ccccc2N1Cc1nc(CNC(=O)c2ccccc2)no1. The number of hydrogen-bond acceptors (Lipinski definition) is 5. The van der Waals surface area contributed by atoms with Crippen LogP contribution in [0, 0.1) is 0 Å². The second kappa shape index (κ2) is 7.61. The van der Waals surface area contributed by atoms with Gasteiger partial charge in [0.25, 0.3) is 5.91 Å². The topological polar surface area (TPSA) is 71.3 Å². The highest BCUT2D eigenvalue weighted by molar-refractivity contribution is 5.93. The van der Waals surface area contributed by atoms with E-state index in [2.05, 4.69) is 51.5 Å². The van der Waals surface area contributed by atoms with Crippen LogP contribution in [0.2, 0.25) is 0 Å². The minimum absolute atomic E-state index is 0.152. The van der Waals surface area contributed by atoms with Crippen LogP contribution in [0.1, 0.15) is 41.0 Å². The van der Waals surface area contributed by atoms with Gasteiger partial charge < -0.3 is 14.7 Å². The molecule has 0 fully saturated rings. The number of hydrogen-bond donors (Lipinski definition) is 1. The first-order valence-corrected chi connectivity index (χ1v) is 9.20. The molecule has 1 atom stereocenters. The van der Waals surface area contributed by atoms with Gasteiger partial charge in [-0.25, -0.2) is 0 Å². The largest absolute Gasteiger partial charge is 0.359 e. The summed E-state index contributed by atoms with van der Waals surface area (Å²) in [5.74, 6) is 0.885. The fourth-order valence-electron chi connectivity index (χ4n) is 3.42. The Kier molecular flexibility index (Phi) is 4.87. The van der Waals surface area contributed by atoms with Crippen molar-refractivity contribution >= 4 is 11.6 Å². The van der Waals surface area contributed by atoms with Gasteiger partial charge in [0.2, 0.25) is 5.89 Å². The number of benzene rings is 2. The summed E-state index contributed by atoms with van der Waals surface area (Å²) in [5, 5.41) is 6.82. The lowest BCUT2D eigenvalue weighted by Crippen LogP contribution is -2.36. The van der Waals surface area contributed by atoms with Crippen molar-refractivity contribution in [2.75, 3.05) is 4.90 Å². The Morgan fingerprint density at radius 2 is 1.96 bits per heavy atom. The average molecular weight is 362 g/mol. The predicted molar refractivity (Wildman–Crippen MR) is 102 cm³/mol. The van der Waals surface area contributed by atoms with E-state index >= 15 is 0 Å². The Morgan fingerprint density at radius 1 is 1.19 bits per heavy atom. The molecule has 0 aliphatic carbocycles. The standard InChI is InChI=1S/C21H22N4O2/c1-15-11-12-16-7-5-6-10-18(16)25(15)14-20-23-19(24-27-20)13-22-21(26)17-8-3-2-4-9-17/h2-10,15H,11-14H2,1H3,(H,22,26)/t15-/m0/s1. The normalized spacial score (nSPS) is 16.0. The number of carbonyl (C=O) groups excluding carboxylic acids is 1. The van der Waals surface area contributed by atoms with Gasteiger partial charge in [-0.05, 0) is 43.5 Å². The van der Waals surface area contributed by atoms with E-state index in [1.807, 2.05) is 18.2 Å². The molecular weight excluding hydrogens is 340 g/mol. The van der Waals surface area contributed by atoms with Crippen LogP contribution in [-0.4, -0.2) is 22.1 Å². The van der Waals surface area contributed by atoms with E-state index < -0.39 is 0 Å². The lowest BCUT2D eigenvalue weighted by Gasteiger charge is -2.36. The Labute approximate surface area is 158 Å². The molecule has 0 saturated carbocycles. The van der Waals surface area contributed by atoms with Crippen LogP contribution in [0.15, 0.2) is 59.1 Å². The highest BCUT2D eigenvalue weighted by Crippen LogP contribution is 2.31.